The van der Waals surface area contributed by atoms with Crippen molar-refractivity contribution in [2.24, 2.45) is 0 Å². The van der Waals surface area contributed by atoms with Crippen molar-refractivity contribution in [3.05, 3.63) is 82.4 Å². The highest BCUT2D eigenvalue weighted by molar-refractivity contribution is 7.71. The Labute approximate surface area is 135 Å². The Morgan fingerprint density at radius 2 is 1.55 bits per heavy atom. The average molecular weight is 309 g/mol. The summed E-state index contributed by atoms with van der Waals surface area (Å²) in [6, 6.07) is 20.9. The van der Waals surface area contributed by atoms with Crippen LogP contribution in [0.4, 0.5) is 0 Å². The van der Waals surface area contributed by atoms with Gasteiger partial charge in [-0.2, -0.15) is 5.10 Å². The van der Waals surface area contributed by atoms with Gasteiger partial charge in [0.1, 0.15) is 5.82 Å². The van der Waals surface area contributed by atoms with Gasteiger partial charge in [-0.1, -0.05) is 60.7 Å². The fourth-order valence-corrected chi connectivity index (χ4v) is 2.82. The van der Waals surface area contributed by atoms with Crippen molar-refractivity contribution in [3.8, 4) is 0 Å². The minimum absolute atomic E-state index is 0.707. The molecule has 3 nitrogen and oxygen atoms in total. The molecule has 3 rings (SSSR count). The van der Waals surface area contributed by atoms with E-state index in [0.29, 0.717) is 4.77 Å². The molecule has 0 amide bonds. The van der Waals surface area contributed by atoms with Gasteiger partial charge in [0.05, 0.1) is 0 Å². The molecule has 22 heavy (non-hydrogen) atoms. The van der Waals surface area contributed by atoms with Gasteiger partial charge in [0.2, 0.25) is 0 Å². The first-order valence-corrected chi connectivity index (χ1v) is 7.96. The molecule has 0 atom stereocenters. The first-order chi connectivity index (χ1) is 10.8. The smallest absolute Gasteiger partial charge is 0.195 e. The van der Waals surface area contributed by atoms with E-state index >= 15 is 0 Å². The molecule has 0 spiro atoms. The summed E-state index contributed by atoms with van der Waals surface area (Å²) in [6.07, 6.45) is 2.91. The van der Waals surface area contributed by atoms with E-state index in [0.717, 1.165) is 31.6 Å². The fourth-order valence-electron chi connectivity index (χ4n) is 2.58. The zero-order chi connectivity index (χ0) is 15.2. The first-order valence-electron chi connectivity index (χ1n) is 7.55. The predicted molar refractivity (Wildman–Crippen MR) is 91.4 cm³/mol. The molecule has 0 saturated heterocycles. The maximum atomic E-state index is 5.36. The Morgan fingerprint density at radius 1 is 0.909 bits per heavy atom. The standard InChI is InChI=1S/C18H19N3S/c22-18-20-19-17(14-16-10-5-2-6-11-16)21(18)13-7-12-15-8-3-1-4-9-15/h1-6,8-11H,7,12-14H2,(H,20,22). The summed E-state index contributed by atoms with van der Waals surface area (Å²) < 4.78 is 2.82. The van der Waals surface area contributed by atoms with Crippen molar-refractivity contribution in [2.45, 2.75) is 25.8 Å². The van der Waals surface area contributed by atoms with Gasteiger partial charge in [0.25, 0.3) is 0 Å². The fraction of sp³-hybridized carbons (Fsp3) is 0.222. The van der Waals surface area contributed by atoms with E-state index in [1.165, 1.54) is 11.1 Å². The normalized spacial score (nSPS) is 10.7. The second kappa shape index (κ2) is 7.18. The number of benzene rings is 2. The molecule has 0 unspecified atom stereocenters. The molecule has 2 aromatic carbocycles. The Bertz CT molecular complexity index is 760. The van der Waals surface area contributed by atoms with Crippen LogP contribution < -0.4 is 0 Å². The summed E-state index contributed by atoms with van der Waals surface area (Å²) in [4.78, 5) is 0. The lowest BCUT2D eigenvalue weighted by molar-refractivity contribution is 0.611. The molecule has 4 heteroatoms. The van der Waals surface area contributed by atoms with E-state index in [9.17, 15) is 0 Å². The zero-order valence-electron chi connectivity index (χ0n) is 12.4. The minimum atomic E-state index is 0.707. The molecular formula is C18H19N3S. The summed E-state index contributed by atoms with van der Waals surface area (Å²) in [6.45, 7) is 0.895. The van der Waals surface area contributed by atoms with Gasteiger partial charge in [-0.15, -0.1) is 0 Å². The Morgan fingerprint density at radius 3 is 2.23 bits per heavy atom. The molecular weight excluding hydrogens is 290 g/mol. The van der Waals surface area contributed by atoms with Crippen LogP contribution in [0.2, 0.25) is 0 Å². The lowest BCUT2D eigenvalue weighted by Gasteiger charge is -2.07. The monoisotopic (exact) mass is 309 g/mol. The van der Waals surface area contributed by atoms with Crippen molar-refractivity contribution in [3.63, 3.8) is 0 Å². The first kappa shape index (κ1) is 14.7. The third-order valence-corrected chi connectivity index (χ3v) is 4.04. The lowest BCUT2D eigenvalue weighted by atomic mass is 10.1. The Balaban J connectivity index is 1.66. The van der Waals surface area contributed by atoms with Crippen LogP contribution >= 0.6 is 12.2 Å². The lowest BCUT2D eigenvalue weighted by Crippen LogP contribution is -2.06. The van der Waals surface area contributed by atoms with Crippen LogP contribution in [-0.2, 0) is 19.4 Å². The van der Waals surface area contributed by atoms with Gasteiger partial charge < -0.3 is 4.57 Å². The summed E-state index contributed by atoms with van der Waals surface area (Å²) in [5.74, 6) is 1.00. The number of aromatic amines is 1. The maximum absolute atomic E-state index is 5.36. The third-order valence-electron chi connectivity index (χ3n) is 3.73. The molecule has 1 heterocycles. The van der Waals surface area contributed by atoms with Gasteiger partial charge in [-0.25, -0.2) is 0 Å². The summed E-state index contributed by atoms with van der Waals surface area (Å²) in [7, 11) is 0. The van der Waals surface area contributed by atoms with E-state index in [1.807, 2.05) is 12.1 Å². The van der Waals surface area contributed by atoms with Crippen molar-refractivity contribution in [2.75, 3.05) is 0 Å². The molecule has 1 aromatic heterocycles. The van der Waals surface area contributed by atoms with Crippen LogP contribution in [0.3, 0.4) is 0 Å². The number of hydrogen-bond donors (Lipinski definition) is 1. The summed E-state index contributed by atoms with van der Waals surface area (Å²) in [5, 5.41) is 7.30. The van der Waals surface area contributed by atoms with Crippen LogP contribution in [-0.4, -0.2) is 14.8 Å². The number of hydrogen-bond acceptors (Lipinski definition) is 2. The molecule has 0 bridgehead atoms. The number of nitrogens with zero attached hydrogens (tertiary/aromatic N) is 2. The van der Waals surface area contributed by atoms with Crippen LogP contribution in [0.15, 0.2) is 60.7 Å². The highest BCUT2D eigenvalue weighted by Crippen LogP contribution is 2.10. The summed E-state index contributed by atoms with van der Waals surface area (Å²) in [5.41, 5.74) is 2.61. The highest BCUT2D eigenvalue weighted by atomic mass is 32.1. The van der Waals surface area contributed by atoms with Gasteiger partial charge in [-0.05, 0) is 36.2 Å². The molecule has 1 N–H and O–H groups in total. The largest absolute Gasteiger partial charge is 0.304 e. The van der Waals surface area contributed by atoms with Gasteiger partial charge in [-0.3, -0.25) is 5.10 Å². The maximum Gasteiger partial charge on any atom is 0.195 e. The Kier molecular flexibility index (Phi) is 4.81. The zero-order valence-corrected chi connectivity index (χ0v) is 13.2. The molecule has 0 aliphatic heterocycles. The number of nitrogens with one attached hydrogen (secondary N) is 1. The number of rotatable bonds is 6. The van der Waals surface area contributed by atoms with Crippen molar-refractivity contribution in [1.82, 2.24) is 14.8 Å². The SMILES string of the molecule is S=c1[nH]nc(Cc2ccccc2)n1CCCc1ccccc1. The molecule has 3 aromatic rings. The molecule has 0 radical (unpaired) electrons. The molecule has 0 saturated carbocycles. The quantitative estimate of drug-likeness (QED) is 0.694. The molecule has 0 aliphatic carbocycles. The van der Waals surface area contributed by atoms with Crippen LogP contribution in [0.5, 0.6) is 0 Å². The van der Waals surface area contributed by atoms with Crippen molar-refractivity contribution < 1.29 is 0 Å². The molecule has 0 fully saturated rings. The number of aromatic nitrogens is 3. The van der Waals surface area contributed by atoms with Crippen LogP contribution in [0.1, 0.15) is 23.4 Å². The van der Waals surface area contributed by atoms with Gasteiger partial charge in [0, 0.05) is 13.0 Å². The van der Waals surface area contributed by atoms with Gasteiger partial charge in [0.15, 0.2) is 4.77 Å². The number of H-pyrrole nitrogens is 1. The molecule has 0 aliphatic rings. The van der Waals surface area contributed by atoms with Crippen LogP contribution in [0, 0.1) is 4.77 Å². The van der Waals surface area contributed by atoms with E-state index in [-0.39, 0.29) is 0 Å². The highest BCUT2D eigenvalue weighted by Gasteiger charge is 2.07. The second-order valence-electron chi connectivity index (χ2n) is 5.35. The topological polar surface area (TPSA) is 33.6 Å². The van der Waals surface area contributed by atoms with Crippen LogP contribution in [0.25, 0.3) is 0 Å². The Hall–Kier alpha value is -2.20. The van der Waals surface area contributed by atoms with E-state index in [1.54, 1.807) is 0 Å². The van der Waals surface area contributed by atoms with Crippen molar-refractivity contribution >= 4 is 12.2 Å². The van der Waals surface area contributed by atoms with E-state index < -0.39 is 0 Å². The third kappa shape index (κ3) is 3.71. The van der Waals surface area contributed by atoms with Crippen molar-refractivity contribution in [1.29, 1.82) is 0 Å². The van der Waals surface area contributed by atoms with E-state index in [2.05, 4.69) is 63.3 Å². The average Bonchev–Trinajstić information content (AvgIpc) is 2.90. The van der Waals surface area contributed by atoms with Gasteiger partial charge >= 0.3 is 0 Å². The predicted octanol–water partition coefficient (Wildman–Crippen LogP) is 4.16. The van der Waals surface area contributed by atoms with E-state index in [4.69, 9.17) is 12.2 Å². The second-order valence-corrected chi connectivity index (χ2v) is 5.73. The summed E-state index contributed by atoms with van der Waals surface area (Å²) >= 11 is 5.36. The minimum Gasteiger partial charge on any atom is -0.304 e. The molecule has 112 valence electrons. The number of aryl methyl sites for hydroxylation is 1.